The summed E-state index contributed by atoms with van der Waals surface area (Å²) in [6.07, 6.45) is 14.2. The summed E-state index contributed by atoms with van der Waals surface area (Å²) in [5.41, 5.74) is 14.7. The minimum absolute atomic E-state index is 0.0344. The lowest BCUT2D eigenvalue weighted by atomic mass is 9.86. The molecule has 51 heavy (non-hydrogen) atoms. The van der Waals surface area contributed by atoms with Crippen LogP contribution in [0.25, 0.3) is 56.5 Å². The van der Waals surface area contributed by atoms with Crippen LogP contribution in [-0.2, 0) is 6.42 Å². The third-order valence-corrected chi connectivity index (χ3v) is 10.9. The van der Waals surface area contributed by atoms with E-state index >= 15 is 0 Å². The molecule has 4 aromatic carbocycles. The molecular weight excluding hydrogens is 623 g/mol. The Kier molecular flexibility index (Phi) is 7.20. The number of aromatic nitrogens is 2. The van der Waals surface area contributed by atoms with Gasteiger partial charge in [0.2, 0.25) is 0 Å². The van der Waals surface area contributed by atoms with Crippen molar-refractivity contribution in [1.29, 1.82) is 15.8 Å². The molecule has 2 aromatic heterocycles. The van der Waals surface area contributed by atoms with Crippen molar-refractivity contribution in [2.24, 2.45) is 0 Å². The van der Waals surface area contributed by atoms with Crippen molar-refractivity contribution in [3.05, 3.63) is 154 Å². The van der Waals surface area contributed by atoms with Crippen molar-refractivity contribution >= 4 is 39.7 Å². The smallest absolute Gasteiger partial charge is 0.0991 e. The molecule has 0 saturated heterocycles. The van der Waals surface area contributed by atoms with Crippen molar-refractivity contribution in [3.8, 4) is 35.0 Å². The fourth-order valence-corrected chi connectivity index (χ4v) is 8.50. The molecule has 0 aliphatic heterocycles. The van der Waals surface area contributed by atoms with Gasteiger partial charge in [-0.15, -0.1) is 0 Å². The maximum Gasteiger partial charge on any atom is 0.0991 e. The van der Waals surface area contributed by atoms with Gasteiger partial charge in [-0.05, 0) is 90.4 Å². The van der Waals surface area contributed by atoms with E-state index in [1.165, 1.54) is 16.8 Å². The van der Waals surface area contributed by atoms with E-state index in [9.17, 15) is 15.8 Å². The minimum atomic E-state index is 0.0344. The van der Waals surface area contributed by atoms with Gasteiger partial charge in [0, 0.05) is 39.4 Å². The van der Waals surface area contributed by atoms with Crippen molar-refractivity contribution in [2.45, 2.75) is 44.4 Å². The second-order valence-electron chi connectivity index (χ2n) is 13.8. The van der Waals surface area contributed by atoms with Crippen LogP contribution in [0.2, 0.25) is 0 Å². The lowest BCUT2D eigenvalue weighted by Gasteiger charge is -2.23. The van der Waals surface area contributed by atoms with Gasteiger partial charge in [-0.1, -0.05) is 85.8 Å². The summed E-state index contributed by atoms with van der Waals surface area (Å²) in [6.45, 7) is 2.30. The molecule has 9 rings (SSSR count). The van der Waals surface area contributed by atoms with Crippen LogP contribution in [0.4, 0.5) is 0 Å². The molecule has 5 nitrogen and oxygen atoms in total. The molecular formula is C46H33N5. The number of para-hydroxylation sites is 2. The van der Waals surface area contributed by atoms with Gasteiger partial charge in [-0.3, -0.25) is 0 Å². The largest absolute Gasteiger partial charge is 0.312 e. The standard InChI is InChI=1S/C46H33N5/c1-29-8-6-13-39-38-19-16-31(27-48)23-45(38)51(46(29)39)42-14-4-2-11-36(42)34-10-7-9-32(24-34)33-18-21-41(35(25-33)28-49)50-43-15-5-3-12-37(43)40-22-30(26-47)17-20-44(40)50/h2-7,9-15,17-18,20-24,29,33H,8,16,19,25H2,1H3. The predicted octanol–water partition coefficient (Wildman–Crippen LogP) is 11.0. The number of hydrogen-bond donors (Lipinski definition) is 0. The topological polar surface area (TPSA) is 81.2 Å². The van der Waals surface area contributed by atoms with E-state index in [0.29, 0.717) is 17.9 Å². The van der Waals surface area contributed by atoms with Gasteiger partial charge >= 0.3 is 0 Å². The first-order valence-corrected chi connectivity index (χ1v) is 17.6. The van der Waals surface area contributed by atoms with E-state index in [1.807, 2.05) is 30.3 Å². The molecule has 0 N–H and O–H groups in total. The van der Waals surface area contributed by atoms with Gasteiger partial charge in [0.05, 0.1) is 57.5 Å². The molecule has 0 bridgehead atoms. The second-order valence-corrected chi connectivity index (χ2v) is 13.8. The van der Waals surface area contributed by atoms with Crippen molar-refractivity contribution in [3.63, 3.8) is 0 Å². The van der Waals surface area contributed by atoms with Gasteiger partial charge in [-0.2, -0.15) is 15.8 Å². The number of rotatable bonds is 4. The summed E-state index contributed by atoms with van der Waals surface area (Å²) in [4.78, 5) is 0. The zero-order chi connectivity index (χ0) is 34.6. The second kappa shape index (κ2) is 12.1. The Morgan fingerprint density at radius 2 is 1.59 bits per heavy atom. The number of allylic oxidation sites excluding steroid dienone is 6. The molecule has 0 spiro atoms. The summed E-state index contributed by atoms with van der Waals surface area (Å²) in [5.74, 6) is 0.391. The zero-order valence-corrected chi connectivity index (χ0v) is 28.3. The Hall–Kier alpha value is -6.61. The predicted molar refractivity (Wildman–Crippen MR) is 205 cm³/mol. The lowest BCUT2D eigenvalue weighted by molar-refractivity contribution is 0.717. The Bertz CT molecular complexity index is 2700. The Labute approximate surface area is 297 Å². The van der Waals surface area contributed by atoms with Crippen molar-refractivity contribution in [1.82, 2.24) is 9.13 Å². The molecule has 5 heteroatoms. The van der Waals surface area contributed by atoms with Crippen LogP contribution in [0.3, 0.4) is 0 Å². The average Bonchev–Trinajstić information content (AvgIpc) is 3.70. The normalized spacial score (nSPS) is 17.8. The van der Waals surface area contributed by atoms with Gasteiger partial charge in [0.25, 0.3) is 0 Å². The third-order valence-electron chi connectivity index (χ3n) is 10.9. The Balaban J connectivity index is 1.13. The molecule has 0 saturated carbocycles. The van der Waals surface area contributed by atoms with E-state index in [0.717, 1.165) is 86.0 Å². The monoisotopic (exact) mass is 655 g/mol. The maximum absolute atomic E-state index is 10.5. The first kappa shape index (κ1) is 30.4. The molecule has 6 aromatic rings. The molecule has 242 valence electrons. The minimum Gasteiger partial charge on any atom is -0.312 e. The summed E-state index contributed by atoms with van der Waals surface area (Å²) < 4.78 is 4.59. The van der Waals surface area contributed by atoms with Crippen LogP contribution in [0.5, 0.6) is 0 Å². The van der Waals surface area contributed by atoms with E-state index < -0.39 is 0 Å². The highest BCUT2D eigenvalue weighted by atomic mass is 15.0. The summed E-state index contributed by atoms with van der Waals surface area (Å²) in [5, 5.41) is 32.1. The number of benzene rings is 4. The molecule has 0 radical (unpaired) electrons. The Morgan fingerprint density at radius 3 is 2.45 bits per heavy atom. The molecule has 2 heterocycles. The lowest BCUT2D eigenvalue weighted by Crippen LogP contribution is -2.10. The molecule has 3 aliphatic carbocycles. The van der Waals surface area contributed by atoms with Gasteiger partial charge in [0.15, 0.2) is 0 Å². The molecule has 3 aliphatic rings. The van der Waals surface area contributed by atoms with Gasteiger partial charge < -0.3 is 9.13 Å². The van der Waals surface area contributed by atoms with Crippen LogP contribution < -0.4 is 0 Å². The molecule has 0 fully saturated rings. The molecule has 2 atom stereocenters. The first-order chi connectivity index (χ1) is 25.1. The van der Waals surface area contributed by atoms with Gasteiger partial charge in [0.1, 0.15) is 0 Å². The van der Waals surface area contributed by atoms with Crippen molar-refractivity contribution < 1.29 is 0 Å². The highest BCUT2D eigenvalue weighted by molar-refractivity contribution is 6.11. The number of nitriles is 3. The number of fused-ring (bicyclic) bond motifs is 6. The highest BCUT2D eigenvalue weighted by Crippen LogP contribution is 2.44. The molecule has 0 amide bonds. The fourth-order valence-electron chi connectivity index (χ4n) is 8.50. The number of hydrogen-bond acceptors (Lipinski definition) is 3. The van der Waals surface area contributed by atoms with E-state index in [2.05, 4.69) is 125 Å². The van der Waals surface area contributed by atoms with E-state index in [4.69, 9.17) is 0 Å². The average molecular weight is 656 g/mol. The van der Waals surface area contributed by atoms with E-state index in [1.54, 1.807) is 0 Å². The van der Waals surface area contributed by atoms with Crippen LogP contribution in [0.15, 0.2) is 120 Å². The highest BCUT2D eigenvalue weighted by Gasteiger charge is 2.30. The van der Waals surface area contributed by atoms with E-state index in [-0.39, 0.29) is 5.92 Å². The number of nitrogens with zero attached hydrogens (tertiary/aromatic N) is 5. The summed E-state index contributed by atoms with van der Waals surface area (Å²) >= 11 is 0. The Morgan fingerprint density at radius 1 is 0.745 bits per heavy atom. The van der Waals surface area contributed by atoms with Crippen LogP contribution in [0, 0.1) is 34.0 Å². The first-order valence-electron chi connectivity index (χ1n) is 17.6. The molecule has 2 unspecified atom stereocenters. The van der Waals surface area contributed by atoms with Crippen LogP contribution in [-0.4, -0.2) is 9.13 Å². The summed E-state index contributed by atoms with van der Waals surface area (Å²) in [7, 11) is 0. The zero-order valence-electron chi connectivity index (χ0n) is 28.3. The summed E-state index contributed by atoms with van der Waals surface area (Å²) in [6, 6.07) is 38.6. The maximum atomic E-state index is 10.5. The quantitative estimate of drug-likeness (QED) is 0.189. The fraction of sp³-hybridized carbons (Fsp3) is 0.152. The van der Waals surface area contributed by atoms with Crippen LogP contribution >= 0.6 is 0 Å². The van der Waals surface area contributed by atoms with Gasteiger partial charge in [-0.25, -0.2) is 0 Å². The third kappa shape index (κ3) is 4.80. The van der Waals surface area contributed by atoms with Crippen LogP contribution in [0.1, 0.15) is 71.7 Å². The van der Waals surface area contributed by atoms with Crippen molar-refractivity contribution in [2.75, 3.05) is 0 Å². The SMILES string of the molecule is CC1CC=Cc2c3c(n(-c4ccccc4-c4cccc(C5C=CC(n6c7ccccc7c7cc(C#N)ccc76)=C(C#N)C5)c4)c21)C=C(C#N)CC3.